The van der Waals surface area contributed by atoms with E-state index in [1.54, 1.807) is 0 Å². The van der Waals surface area contributed by atoms with Gasteiger partial charge in [-0.3, -0.25) is 4.79 Å². The summed E-state index contributed by atoms with van der Waals surface area (Å²) in [6.45, 7) is -0.0642. The molecule has 2 aliphatic carbocycles. The van der Waals surface area contributed by atoms with Gasteiger partial charge in [0.15, 0.2) is 0 Å². The highest BCUT2D eigenvalue weighted by atomic mass is 32.2. The average Bonchev–Trinajstić information content (AvgIpc) is 3.07. The number of aliphatic hydroxyl groups excluding tert-OH is 2. The third-order valence-corrected chi connectivity index (χ3v) is 6.75. The van der Waals surface area contributed by atoms with E-state index in [0.29, 0.717) is 18.8 Å². The number of fused-ring (bicyclic) bond motifs is 2. The van der Waals surface area contributed by atoms with Crippen LogP contribution in [0.15, 0.2) is 4.99 Å². The van der Waals surface area contributed by atoms with Crippen molar-refractivity contribution in [3.05, 3.63) is 0 Å². The molecule has 2 saturated carbocycles. The van der Waals surface area contributed by atoms with Crippen LogP contribution < -0.4 is 0 Å². The number of amides is 1. The first-order valence-corrected chi connectivity index (χ1v) is 8.51. The molecule has 3 atom stereocenters. The van der Waals surface area contributed by atoms with Crippen LogP contribution in [0.3, 0.4) is 0 Å². The standard InChI is InChI=1S/C15H23NO3S/c17-5-3-15(4-6-18)14(19)16-13(20-15)9-12-8-10-1-2-11(12)7-10/h10-12,17-18H,1-9H2. The molecule has 4 nitrogen and oxygen atoms in total. The van der Waals surface area contributed by atoms with Gasteiger partial charge in [-0.05, 0) is 56.3 Å². The summed E-state index contributed by atoms with van der Waals surface area (Å²) in [6, 6.07) is 0. The van der Waals surface area contributed by atoms with E-state index in [1.807, 2.05) is 0 Å². The Labute approximate surface area is 124 Å². The second-order valence-electron chi connectivity index (χ2n) is 6.49. The van der Waals surface area contributed by atoms with E-state index in [-0.39, 0.29) is 19.1 Å². The van der Waals surface area contributed by atoms with Gasteiger partial charge in [-0.1, -0.05) is 18.2 Å². The molecule has 2 fully saturated rings. The van der Waals surface area contributed by atoms with Crippen molar-refractivity contribution in [2.24, 2.45) is 22.7 Å². The maximum Gasteiger partial charge on any atom is 0.263 e. The molecule has 1 amide bonds. The molecule has 1 aliphatic heterocycles. The molecular weight excluding hydrogens is 274 g/mol. The quantitative estimate of drug-likeness (QED) is 0.786. The summed E-state index contributed by atoms with van der Waals surface area (Å²) in [7, 11) is 0. The van der Waals surface area contributed by atoms with Gasteiger partial charge in [0.2, 0.25) is 0 Å². The molecule has 0 radical (unpaired) electrons. The van der Waals surface area contributed by atoms with Gasteiger partial charge in [0, 0.05) is 13.2 Å². The SMILES string of the molecule is O=C1N=C(CC2CC3CCC2C3)SC1(CCO)CCO. The van der Waals surface area contributed by atoms with Gasteiger partial charge >= 0.3 is 0 Å². The lowest BCUT2D eigenvalue weighted by molar-refractivity contribution is -0.120. The number of nitrogens with zero attached hydrogens (tertiary/aromatic N) is 1. The van der Waals surface area contributed by atoms with Crippen molar-refractivity contribution in [1.82, 2.24) is 0 Å². The van der Waals surface area contributed by atoms with Crippen LogP contribution in [-0.4, -0.2) is 39.1 Å². The van der Waals surface area contributed by atoms with Crippen molar-refractivity contribution < 1.29 is 15.0 Å². The minimum atomic E-state index is -0.698. The number of hydrogen-bond donors (Lipinski definition) is 2. The first-order valence-electron chi connectivity index (χ1n) is 7.69. The molecule has 3 unspecified atom stereocenters. The Balaban J connectivity index is 1.64. The van der Waals surface area contributed by atoms with Crippen LogP contribution in [0.1, 0.15) is 44.9 Å². The molecule has 20 heavy (non-hydrogen) atoms. The fraction of sp³-hybridized carbons (Fsp3) is 0.867. The zero-order valence-corrected chi connectivity index (χ0v) is 12.6. The monoisotopic (exact) mass is 297 g/mol. The Kier molecular flexibility index (Phi) is 4.20. The van der Waals surface area contributed by atoms with Crippen molar-refractivity contribution >= 4 is 22.7 Å². The van der Waals surface area contributed by atoms with E-state index in [2.05, 4.69) is 4.99 Å². The zero-order valence-electron chi connectivity index (χ0n) is 11.8. The molecule has 2 N–H and O–H groups in total. The van der Waals surface area contributed by atoms with Crippen molar-refractivity contribution in [3.63, 3.8) is 0 Å². The van der Waals surface area contributed by atoms with E-state index < -0.39 is 4.75 Å². The number of hydrogen-bond acceptors (Lipinski definition) is 4. The number of carbonyl (C=O) groups is 1. The minimum absolute atomic E-state index is 0.0321. The third kappa shape index (κ3) is 2.55. The fourth-order valence-electron chi connectivity index (χ4n) is 4.25. The molecule has 112 valence electrons. The lowest BCUT2D eigenvalue weighted by Gasteiger charge is -2.25. The maximum atomic E-state index is 12.2. The van der Waals surface area contributed by atoms with E-state index in [4.69, 9.17) is 0 Å². The first-order chi connectivity index (χ1) is 9.66. The number of aliphatic imine (C=N–C) groups is 1. The Morgan fingerprint density at radius 2 is 1.95 bits per heavy atom. The van der Waals surface area contributed by atoms with Crippen LogP contribution in [0.2, 0.25) is 0 Å². The maximum absolute atomic E-state index is 12.2. The molecular formula is C15H23NO3S. The molecule has 3 rings (SSSR count). The predicted octanol–water partition coefficient (Wildman–Crippen LogP) is 1.99. The van der Waals surface area contributed by atoms with Crippen LogP contribution in [0.25, 0.3) is 0 Å². The Hall–Kier alpha value is -0.390. The summed E-state index contributed by atoms with van der Waals surface area (Å²) >= 11 is 1.51. The van der Waals surface area contributed by atoms with Crippen LogP contribution >= 0.6 is 11.8 Å². The molecule has 0 aromatic heterocycles. The molecule has 0 spiro atoms. The summed E-state index contributed by atoms with van der Waals surface area (Å²) < 4.78 is -0.698. The van der Waals surface area contributed by atoms with E-state index in [0.717, 1.165) is 23.3 Å². The molecule has 0 aromatic carbocycles. The van der Waals surface area contributed by atoms with Crippen LogP contribution in [0.5, 0.6) is 0 Å². The lowest BCUT2D eigenvalue weighted by atomic mass is 9.87. The summed E-state index contributed by atoms with van der Waals surface area (Å²) in [5.74, 6) is 2.30. The Bertz CT molecular complexity index is 417. The first kappa shape index (κ1) is 14.5. The van der Waals surface area contributed by atoms with Crippen molar-refractivity contribution in [2.45, 2.75) is 49.7 Å². The summed E-state index contributed by atoms with van der Waals surface area (Å²) in [5, 5.41) is 19.3. The summed E-state index contributed by atoms with van der Waals surface area (Å²) in [5.41, 5.74) is 0. The van der Waals surface area contributed by atoms with Gasteiger partial charge in [-0.15, -0.1) is 0 Å². The number of thioether (sulfide) groups is 1. The highest BCUT2D eigenvalue weighted by molar-refractivity contribution is 8.16. The molecule has 3 aliphatic rings. The topological polar surface area (TPSA) is 69.9 Å². The molecule has 2 bridgehead atoms. The van der Waals surface area contributed by atoms with Crippen molar-refractivity contribution in [1.29, 1.82) is 0 Å². The second kappa shape index (κ2) is 5.78. The number of carbonyl (C=O) groups excluding carboxylic acids is 1. The largest absolute Gasteiger partial charge is 0.396 e. The fourth-order valence-corrected chi connectivity index (χ4v) is 5.64. The number of rotatable bonds is 6. The Morgan fingerprint density at radius 3 is 2.50 bits per heavy atom. The van der Waals surface area contributed by atoms with E-state index in [1.165, 1.54) is 37.4 Å². The third-order valence-electron chi connectivity index (χ3n) is 5.28. The van der Waals surface area contributed by atoms with Gasteiger partial charge < -0.3 is 10.2 Å². The Morgan fingerprint density at radius 1 is 1.20 bits per heavy atom. The average molecular weight is 297 g/mol. The van der Waals surface area contributed by atoms with Gasteiger partial charge in [0.05, 0.1) is 5.04 Å². The predicted molar refractivity (Wildman–Crippen MR) is 79.7 cm³/mol. The lowest BCUT2D eigenvalue weighted by Crippen LogP contribution is -2.33. The molecule has 0 aromatic rings. The highest BCUT2D eigenvalue weighted by Crippen LogP contribution is 2.51. The normalized spacial score (nSPS) is 34.8. The van der Waals surface area contributed by atoms with Gasteiger partial charge in [0.1, 0.15) is 4.75 Å². The second-order valence-corrected chi connectivity index (χ2v) is 7.95. The molecule has 5 heteroatoms. The highest BCUT2D eigenvalue weighted by Gasteiger charge is 2.46. The van der Waals surface area contributed by atoms with E-state index in [9.17, 15) is 15.0 Å². The van der Waals surface area contributed by atoms with Gasteiger partial charge in [-0.25, -0.2) is 4.99 Å². The van der Waals surface area contributed by atoms with Crippen LogP contribution in [-0.2, 0) is 4.79 Å². The van der Waals surface area contributed by atoms with Crippen molar-refractivity contribution in [3.8, 4) is 0 Å². The van der Waals surface area contributed by atoms with Crippen LogP contribution in [0, 0.1) is 17.8 Å². The molecule has 1 heterocycles. The van der Waals surface area contributed by atoms with E-state index >= 15 is 0 Å². The summed E-state index contributed by atoms with van der Waals surface area (Å²) in [6.07, 6.45) is 7.11. The number of aliphatic hydroxyl groups is 2. The minimum Gasteiger partial charge on any atom is -0.396 e. The zero-order chi connectivity index (χ0) is 14.2. The smallest absolute Gasteiger partial charge is 0.263 e. The van der Waals surface area contributed by atoms with Gasteiger partial charge in [0.25, 0.3) is 5.91 Å². The summed E-state index contributed by atoms with van der Waals surface area (Å²) in [4.78, 5) is 16.4. The van der Waals surface area contributed by atoms with Crippen LogP contribution in [0.4, 0.5) is 0 Å². The molecule has 0 saturated heterocycles. The van der Waals surface area contributed by atoms with Crippen molar-refractivity contribution in [2.75, 3.05) is 13.2 Å². The van der Waals surface area contributed by atoms with Gasteiger partial charge in [-0.2, -0.15) is 0 Å².